The molecule has 0 saturated heterocycles. The van der Waals surface area contributed by atoms with Gasteiger partial charge in [-0.1, -0.05) is 33.1 Å². The molecule has 2 rings (SSSR count). The summed E-state index contributed by atoms with van der Waals surface area (Å²) < 4.78 is 1.23. The van der Waals surface area contributed by atoms with Gasteiger partial charge in [-0.2, -0.15) is 11.3 Å². The van der Waals surface area contributed by atoms with Crippen molar-refractivity contribution in [3.8, 4) is 0 Å². The lowest BCUT2D eigenvalue weighted by molar-refractivity contribution is 0.0949. The number of thiophene rings is 2. The minimum atomic E-state index is 0.101. The van der Waals surface area contributed by atoms with Crippen LogP contribution in [-0.2, 0) is 0 Å². The van der Waals surface area contributed by atoms with Gasteiger partial charge in [0.25, 0.3) is 5.91 Å². The normalized spacial score (nSPS) is 12.8. The number of hydrogen-bond donors (Lipinski definition) is 1. The molecule has 0 aliphatic rings. The van der Waals surface area contributed by atoms with Gasteiger partial charge in [-0.05, 0) is 30.2 Å². The summed E-state index contributed by atoms with van der Waals surface area (Å²) in [5, 5.41) is 8.62. The highest BCUT2D eigenvalue weighted by Crippen LogP contribution is 2.33. The van der Waals surface area contributed by atoms with E-state index in [1.807, 2.05) is 0 Å². The molecule has 4 heteroatoms. The van der Waals surface area contributed by atoms with Crippen LogP contribution in [0.1, 0.15) is 54.8 Å². The smallest absolute Gasteiger partial charge is 0.261 e. The average Bonchev–Trinajstić information content (AvgIpc) is 3.02. The number of fused-ring (bicyclic) bond motifs is 1. The van der Waals surface area contributed by atoms with Crippen molar-refractivity contribution in [1.29, 1.82) is 0 Å². The number of aryl methyl sites for hydroxylation is 1. The van der Waals surface area contributed by atoms with E-state index in [-0.39, 0.29) is 5.91 Å². The van der Waals surface area contributed by atoms with Crippen LogP contribution in [0.5, 0.6) is 0 Å². The maximum absolute atomic E-state index is 12.3. The van der Waals surface area contributed by atoms with Crippen LogP contribution >= 0.6 is 22.7 Å². The Labute approximate surface area is 129 Å². The second-order valence-corrected chi connectivity index (χ2v) is 7.13. The maximum Gasteiger partial charge on any atom is 0.261 e. The number of amides is 1. The second kappa shape index (κ2) is 7.23. The monoisotopic (exact) mass is 309 g/mol. The van der Waals surface area contributed by atoms with Crippen molar-refractivity contribution < 1.29 is 4.79 Å². The first-order valence-corrected chi connectivity index (χ1v) is 9.16. The van der Waals surface area contributed by atoms with Crippen LogP contribution in [-0.4, -0.2) is 12.5 Å². The molecule has 0 aliphatic heterocycles. The second-order valence-electron chi connectivity index (χ2n) is 5.33. The van der Waals surface area contributed by atoms with Gasteiger partial charge in [0.2, 0.25) is 0 Å². The van der Waals surface area contributed by atoms with Crippen molar-refractivity contribution in [3.63, 3.8) is 0 Å². The lowest BCUT2D eigenvalue weighted by Crippen LogP contribution is -2.29. The highest BCUT2D eigenvalue weighted by molar-refractivity contribution is 7.24. The third-order valence-electron chi connectivity index (χ3n) is 3.88. The van der Waals surface area contributed by atoms with Gasteiger partial charge in [-0.25, -0.2) is 0 Å². The molecule has 110 valence electrons. The molecule has 1 atom stereocenters. The van der Waals surface area contributed by atoms with Gasteiger partial charge < -0.3 is 5.32 Å². The Hall–Kier alpha value is -0.870. The SMILES string of the molecule is CCCCC(CC)CNC(=O)c1sc2cscc2c1C. The lowest BCUT2D eigenvalue weighted by atomic mass is 9.99. The molecule has 0 bridgehead atoms. The van der Waals surface area contributed by atoms with E-state index < -0.39 is 0 Å². The fourth-order valence-corrected chi connectivity index (χ4v) is 4.59. The molecular formula is C16H23NOS2. The maximum atomic E-state index is 12.3. The summed E-state index contributed by atoms with van der Waals surface area (Å²) in [5.74, 6) is 0.711. The largest absolute Gasteiger partial charge is 0.351 e. The van der Waals surface area contributed by atoms with E-state index in [1.54, 1.807) is 22.7 Å². The number of nitrogens with one attached hydrogen (secondary N) is 1. The fourth-order valence-electron chi connectivity index (χ4n) is 2.42. The molecule has 1 amide bonds. The molecule has 0 radical (unpaired) electrons. The van der Waals surface area contributed by atoms with Crippen LogP contribution in [0.3, 0.4) is 0 Å². The first-order valence-electron chi connectivity index (χ1n) is 7.40. The summed E-state index contributed by atoms with van der Waals surface area (Å²) in [7, 11) is 0. The van der Waals surface area contributed by atoms with Crippen LogP contribution in [0.15, 0.2) is 10.8 Å². The van der Waals surface area contributed by atoms with Gasteiger partial charge in [0.15, 0.2) is 0 Å². The first-order chi connectivity index (χ1) is 9.67. The minimum Gasteiger partial charge on any atom is -0.351 e. The molecule has 0 saturated carbocycles. The van der Waals surface area contributed by atoms with E-state index in [4.69, 9.17) is 0 Å². The van der Waals surface area contributed by atoms with Crippen molar-refractivity contribution in [2.45, 2.75) is 46.5 Å². The first kappa shape index (κ1) is 15.5. The molecule has 2 heterocycles. The molecule has 2 aromatic heterocycles. The molecule has 0 aromatic carbocycles. The van der Waals surface area contributed by atoms with Crippen LogP contribution in [0.4, 0.5) is 0 Å². The quantitative estimate of drug-likeness (QED) is 0.746. The Balaban J connectivity index is 1.97. The molecule has 1 N–H and O–H groups in total. The Morgan fingerprint density at radius 1 is 1.35 bits per heavy atom. The summed E-state index contributed by atoms with van der Waals surface area (Å²) in [6, 6.07) is 0. The van der Waals surface area contributed by atoms with Crippen LogP contribution < -0.4 is 5.32 Å². The molecule has 20 heavy (non-hydrogen) atoms. The predicted molar refractivity (Wildman–Crippen MR) is 90.1 cm³/mol. The predicted octanol–water partition coefficient (Wildman–Crippen LogP) is 5.22. The van der Waals surface area contributed by atoms with E-state index in [9.17, 15) is 4.79 Å². The van der Waals surface area contributed by atoms with Crippen molar-refractivity contribution in [2.24, 2.45) is 5.92 Å². The summed E-state index contributed by atoms with van der Waals surface area (Å²) in [6.07, 6.45) is 4.83. The third-order valence-corrected chi connectivity index (χ3v) is 6.03. The molecule has 0 fully saturated rings. The zero-order valence-electron chi connectivity index (χ0n) is 12.5. The molecule has 0 aliphatic carbocycles. The Bertz CT molecular complexity index is 570. The average molecular weight is 310 g/mol. The molecular weight excluding hydrogens is 286 g/mol. The molecule has 0 spiro atoms. The van der Waals surface area contributed by atoms with Crippen LogP contribution in [0.25, 0.3) is 10.1 Å². The van der Waals surface area contributed by atoms with Crippen LogP contribution in [0.2, 0.25) is 0 Å². The highest BCUT2D eigenvalue weighted by Gasteiger charge is 2.16. The van der Waals surface area contributed by atoms with E-state index in [1.165, 1.54) is 29.3 Å². The lowest BCUT2D eigenvalue weighted by Gasteiger charge is -2.15. The van der Waals surface area contributed by atoms with Crippen molar-refractivity contribution in [2.75, 3.05) is 6.54 Å². The van der Waals surface area contributed by atoms with Gasteiger partial charge >= 0.3 is 0 Å². The standard InChI is InChI=1S/C16H23NOS2/c1-4-6-7-12(5-2)8-17-16(18)15-11(3)13-9-19-10-14(13)20-15/h9-10,12H,4-8H2,1-3H3,(H,17,18). The third kappa shape index (κ3) is 3.41. The Morgan fingerprint density at radius 3 is 2.80 bits per heavy atom. The van der Waals surface area contributed by atoms with Gasteiger partial charge in [0.05, 0.1) is 4.88 Å². The molecule has 1 unspecified atom stereocenters. The van der Waals surface area contributed by atoms with E-state index in [0.717, 1.165) is 23.4 Å². The zero-order chi connectivity index (χ0) is 14.5. The Kier molecular flexibility index (Phi) is 5.61. The van der Waals surface area contributed by atoms with Gasteiger partial charge in [0.1, 0.15) is 0 Å². The number of carbonyl (C=O) groups is 1. The fraction of sp³-hybridized carbons (Fsp3) is 0.562. The van der Waals surface area contributed by atoms with Crippen LogP contribution in [0, 0.1) is 12.8 Å². The molecule has 2 aromatic rings. The zero-order valence-corrected chi connectivity index (χ0v) is 14.1. The summed E-state index contributed by atoms with van der Waals surface area (Å²) in [6.45, 7) is 7.28. The van der Waals surface area contributed by atoms with E-state index in [0.29, 0.717) is 5.92 Å². The van der Waals surface area contributed by atoms with Gasteiger partial charge in [-0.3, -0.25) is 4.79 Å². The topological polar surface area (TPSA) is 29.1 Å². The van der Waals surface area contributed by atoms with Gasteiger partial charge in [-0.15, -0.1) is 11.3 Å². The summed E-state index contributed by atoms with van der Waals surface area (Å²) in [4.78, 5) is 13.2. The highest BCUT2D eigenvalue weighted by atomic mass is 32.1. The number of rotatable bonds is 7. The molecule has 2 nitrogen and oxygen atoms in total. The van der Waals surface area contributed by atoms with E-state index in [2.05, 4.69) is 36.8 Å². The van der Waals surface area contributed by atoms with E-state index >= 15 is 0 Å². The Morgan fingerprint density at radius 2 is 2.15 bits per heavy atom. The number of carbonyl (C=O) groups excluding carboxylic acids is 1. The number of unbranched alkanes of at least 4 members (excludes halogenated alkanes) is 1. The van der Waals surface area contributed by atoms with Crippen molar-refractivity contribution >= 4 is 38.7 Å². The minimum absolute atomic E-state index is 0.101. The van der Waals surface area contributed by atoms with Crippen molar-refractivity contribution in [1.82, 2.24) is 5.32 Å². The summed E-state index contributed by atoms with van der Waals surface area (Å²) >= 11 is 3.32. The van der Waals surface area contributed by atoms with Gasteiger partial charge in [0, 0.05) is 22.0 Å². The van der Waals surface area contributed by atoms with Crippen molar-refractivity contribution in [3.05, 3.63) is 21.2 Å². The summed E-state index contributed by atoms with van der Waals surface area (Å²) in [5.41, 5.74) is 1.13. The number of hydrogen-bond acceptors (Lipinski definition) is 3.